The number of benzene rings is 2. The number of hydrogen-bond acceptors (Lipinski definition) is 2. The fraction of sp³-hybridized carbons (Fsp3) is 0.250. The molecule has 2 N–H and O–H groups in total. The van der Waals surface area contributed by atoms with Crippen LogP contribution in [-0.4, -0.2) is 7.05 Å². The van der Waals surface area contributed by atoms with Crippen molar-refractivity contribution in [3.8, 4) is 0 Å². The summed E-state index contributed by atoms with van der Waals surface area (Å²) >= 11 is 0. The minimum Gasteiger partial charge on any atom is -0.399 e. The highest BCUT2D eigenvalue weighted by molar-refractivity contribution is 5.53. The van der Waals surface area contributed by atoms with Crippen LogP contribution in [0.15, 0.2) is 42.5 Å². The van der Waals surface area contributed by atoms with Crippen molar-refractivity contribution in [1.82, 2.24) is 0 Å². The maximum Gasteiger partial charge on any atom is 0.123 e. The van der Waals surface area contributed by atoms with Crippen LogP contribution in [0.3, 0.4) is 0 Å². The van der Waals surface area contributed by atoms with Gasteiger partial charge in [0.15, 0.2) is 0 Å². The molecule has 2 aromatic rings. The van der Waals surface area contributed by atoms with Crippen molar-refractivity contribution in [2.75, 3.05) is 17.7 Å². The van der Waals surface area contributed by atoms with Crippen molar-refractivity contribution < 1.29 is 4.39 Å². The average Bonchev–Trinajstić information content (AvgIpc) is 2.81. The number of halogens is 1. The van der Waals surface area contributed by atoms with Crippen molar-refractivity contribution in [2.24, 2.45) is 0 Å². The lowest BCUT2D eigenvalue weighted by atomic mass is 10.1. The van der Waals surface area contributed by atoms with Crippen LogP contribution in [0.2, 0.25) is 0 Å². The van der Waals surface area contributed by atoms with Crippen LogP contribution >= 0.6 is 0 Å². The molecule has 0 aliphatic heterocycles. The van der Waals surface area contributed by atoms with E-state index in [1.54, 1.807) is 0 Å². The highest BCUT2D eigenvalue weighted by atomic mass is 19.1. The first-order valence-corrected chi connectivity index (χ1v) is 6.52. The van der Waals surface area contributed by atoms with Gasteiger partial charge < -0.3 is 10.6 Å². The Bertz CT molecular complexity index is 592. The standard InChI is InChI=1S/C16H17FN2/c1-19(14-6-3-12(17)4-7-14)16-9-2-11-10-13(18)5-8-15(11)16/h3-8,10,16H,2,9,18H2,1H3. The van der Waals surface area contributed by atoms with E-state index in [2.05, 4.69) is 24.1 Å². The third-order valence-electron chi connectivity index (χ3n) is 3.91. The number of nitrogen functional groups attached to an aromatic ring is 1. The van der Waals surface area contributed by atoms with Gasteiger partial charge >= 0.3 is 0 Å². The van der Waals surface area contributed by atoms with E-state index in [1.807, 2.05) is 18.2 Å². The van der Waals surface area contributed by atoms with Crippen molar-refractivity contribution in [1.29, 1.82) is 0 Å². The van der Waals surface area contributed by atoms with Crippen molar-refractivity contribution in [2.45, 2.75) is 18.9 Å². The number of fused-ring (bicyclic) bond motifs is 1. The minimum atomic E-state index is -0.197. The zero-order valence-electron chi connectivity index (χ0n) is 10.9. The molecular formula is C16H17FN2. The highest BCUT2D eigenvalue weighted by Crippen LogP contribution is 2.38. The maximum atomic E-state index is 13.0. The van der Waals surface area contributed by atoms with Crippen LogP contribution in [-0.2, 0) is 6.42 Å². The Kier molecular flexibility index (Phi) is 2.90. The molecule has 1 aliphatic carbocycles. The number of aryl methyl sites for hydroxylation is 1. The molecule has 0 radical (unpaired) electrons. The van der Waals surface area contributed by atoms with Gasteiger partial charge in [0.1, 0.15) is 5.82 Å². The molecule has 3 rings (SSSR count). The molecule has 0 amide bonds. The summed E-state index contributed by atoms with van der Waals surface area (Å²) in [5.41, 5.74) is 10.4. The minimum absolute atomic E-state index is 0.197. The van der Waals surface area contributed by atoms with Crippen LogP contribution in [0.5, 0.6) is 0 Å². The first kappa shape index (κ1) is 12.0. The second kappa shape index (κ2) is 4.57. The van der Waals surface area contributed by atoms with Gasteiger partial charge in [0.25, 0.3) is 0 Å². The molecule has 98 valence electrons. The predicted octanol–water partition coefficient (Wildman–Crippen LogP) is 3.53. The van der Waals surface area contributed by atoms with Gasteiger partial charge in [-0.1, -0.05) is 6.07 Å². The first-order chi connectivity index (χ1) is 9.15. The Hall–Kier alpha value is -2.03. The number of nitrogens with zero attached hydrogens (tertiary/aromatic N) is 1. The summed E-state index contributed by atoms with van der Waals surface area (Å²) in [7, 11) is 2.06. The van der Waals surface area contributed by atoms with E-state index < -0.39 is 0 Å². The summed E-state index contributed by atoms with van der Waals surface area (Å²) < 4.78 is 13.0. The van der Waals surface area contributed by atoms with E-state index in [9.17, 15) is 4.39 Å². The lowest BCUT2D eigenvalue weighted by Gasteiger charge is -2.27. The Labute approximate surface area is 112 Å². The van der Waals surface area contributed by atoms with Crippen LogP contribution < -0.4 is 10.6 Å². The zero-order chi connectivity index (χ0) is 13.4. The molecular weight excluding hydrogens is 239 g/mol. The van der Waals surface area contributed by atoms with E-state index in [-0.39, 0.29) is 5.82 Å². The maximum absolute atomic E-state index is 13.0. The van der Waals surface area contributed by atoms with Gasteiger partial charge in [-0.25, -0.2) is 4.39 Å². The van der Waals surface area contributed by atoms with Gasteiger partial charge in [0.2, 0.25) is 0 Å². The van der Waals surface area contributed by atoms with Gasteiger partial charge in [-0.05, 0) is 60.4 Å². The van der Waals surface area contributed by atoms with Crippen LogP contribution in [0.25, 0.3) is 0 Å². The van der Waals surface area contributed by atoms with Crippen molar-refractivity contribution in [3.05, 3.63) is 59.4 Å². The Balaban J connectivity index is 1.91. The molecule has 0 saturated heterocycles. The molecule has 0 saturated carbocycles. The Morgan fingerprint density at radius 2 is 1.89 bits per heavy atom. The van der Waals surface area contributed by atoms with Crippen molar-refractivity contribution >= 4 is 11.4 Å². The van der Waals surface area contributed by atoms with Gasteiger partial charge in [0.05, 0.1) is 6.04 Å². The third kappa shape index (κ3) is 2.16. The largest absolute Gasteiger partial charge is 0.399 e. The predicted molar refractivity (Wildman–Crippen MR) is 76.7 cm³/mol. The topological polar surface area (TPSA) is 29.3 Å². The first-order valence-electron chi connectivity index (χ1n) is 6.52. The molecule has 0 fully saturated rings. The van der Waals surface area contributed by atoms with E-state index in [1.165, 1.54) is 23.3 Å². The van der Waals surface area contributed by atoms with Crippen LogP contribution in [0, 0.1) is 5.82 Å². The molecule has 1 aliphatic rings. The average molecular weight is 256 g/mol. The summed E-state index contributed by atoms with van der Waals surface area (Å²) in [5, 5.41) is 0. The molecule has 0 heterocycles. The smallest absolute Gasteiger partial charge is 0.123 e. The number of hydrogen-bond donors (Lipinski definition) is 1. The second-order valence-electron chi connectivity index (χ2n) is 5.10. The monoisotopic (exact) mass is 256 g/mol. The van der Waals surface area contributed by atoms with Crippen LogP contribution in [0.1, 0.15) is 23.6 Å². The van der Waals surface area contributed by atoms with Gasteiger partial charge in [-0.3, -0.25) is 0 Å². The third-order valence-corrected chi connectivity index (χ3v) is 3.91. The van der Waals surface area contributed by atoms with Crippen LogP contribution in [0.4, 0.5) is 15.8 Å². The molecule has 0 spiro atoms. The molecule has 0 aromatic heterocycles. The zero-order valence-corrected chi connectivity index (χ0v) is 10.9. The molecule has 19 heavy (non-hydrogen) atoms. The number of nitrogens with two attached hydrogens (primary N) is 1. The fourth-order valence-electron chi connectivity index (χ4n) is 2.87. The summed E-state index contributed by atoms with van der Waals surface area (Å²) in [6.45, 7) is 0. The Morgan fingerprint density at radius 1 is 1.16 bits per heavy atom. The van der Waals surface area contributed by atoms with E-state index in [4.69, 9.17) is 5.73 Å². The summed E-state index contributed by atoms with van der Waals surface area (Å²) in [5.74, 6) is -0.197. The molecule has 1 unspecified atom stereocenters. The SMILES string of the molecule is CN(c1ccc(F)cc1)C1CCc2cc(N)ccc21. The lowest BCUT2D eigenvalue weighted by Crippen LogP contribution is -2.22. The molecule has 2 aromatic carbocycles. The van der Waals surface area contributed by atoms with Gasteiger partial charge in [-0.15, -0.1) is 0 Å². The molecule has 0 bridgehead atoms. The van der Waals surface area contributed by atoms with E-state index in [0.29, 0.717) is 6.04 Å². The van der Waals surface area contributed by atoms with E-state index in [0.717, 1.165) is 24.2 Å². The summed E-state index contributed by atoms with van der Waals surface area (Å²) in [6, 6.07) is 13.1. The molecule has 1 atom stereocenters. The van der Waals surface area contributed by atoms with Gasteiger partial charge in [-0.2, -0.15) is 0 Å². The lowest BCUT2D eigenvalue weighted by molar-refractivity contribution is 0.625. The second-order valence-corrected chi connectivity index (χ2v) is 5.10. The van der Waals surface area contributed by atoms with Gasteiger partial charge in [0, 0.05) is 18.4 Å². The van der Waals surface area contributed by atoms with Crippen molar-refractivity contribution in [3.63, 3.8) is 0 Å². The normalized spacial score (nSPS) is 17.3. The molecule has 2 nitrogen and oxygen atoms in total. The summed E-state index contributed by atoms with van der Waals surface area (Å²) in [4.78, 5) is 2.21. The number of anilines is 2. The van der Waals surface area contributed by atoms with E-state index >= 15 is 0 Å². The Morgan fingerprint density at radius 3 is 2.63 bits per heavy atom. The number of rotatable bonds is 2. The summed E-state index contributed by atoms with van der Waals surface area (Å²) in [6.07, 6.45) is 2.13. The highest BCUT2D eigenvalue weighted by Gasteiger charge is 2.26. The fourth-order valence-corrected chi connectivity index (χ4v) is 2.87. The molecule has 3 heteroatoms. The quantitative estimate of drug-likeness (QED) is 0.833.